The monoisotopic (exact) mass is 411 g/mol. The zero-order valence-corrected chi connectivity index (χ0v) is 17.5. The Labute approximate surface area is 164 Å². The molecule has 0 bridgehead atoms. The number of halogens is 1. The molecule has 1 amide bonds. The van der Waals surface area contributed by atoms with Gasteiger partial charge in [0.1, 0.15) is 5.75 Å². The predicted molar refractivity (Wildman–Crippen MR) is 110 cm³/mol. The lowest BCUT2D eigenvalue weighted by Crippen LogP contribution is -2.30. The van der Waals surface area contributed by atoms with Crippen LogP contribution in [0.15, 0.2) is 42.5 Å². The highest BCUT2D eigenvalue weighted by atomic mass is 35.5. The van der Waals surface area contributed by atoms with E-state index in [2.05, 4.69) is 24.2 Å². The van der Waals surface area contributed by atoms with E-state index in [-0.39, 0.29) is 11.9 Å². The molecular weight excluding hydrogens is 391 g/mol. The molecule has 1 atom stereocenters. The summed E-state index contributed by atoms with van der Waals surface area (Å²) in [6.45, 7) is 2.69. The van der Waals surface area contributed by atoms with Crippen molar-refractivity contribution in [2.75, 3.05) is 19.1 Å². The van der Waals surface area contributed by atoms with Crippen molar-refractivity contribution in [3.8, 4) is 5.75 Å². The number of anilines is 1. The van der Waals surface area contributed by atoms with Gasteiger partial charge in [-0.2, -0.15) is 5.48 Å². The largest absolute Gasteiger partial charge is 0.497 e. The molecule has 2 aromatic carbocycles. The Morgan fingerprint density at radius 2 is 1.88 bits per heavy atom. The summed E-state index contributed by atoms with van der Waals surface area (Å²) in [6.07, 6.45) is 0. The van der Waals surface area contributed by atoms with E-state index < -0.39 is 6.92 Å². The first-order valence-corrected chi connectivity index (χ1v) is 10.6. The van der Waals surface area contributed by atoms with Crippen molar-refractivity contribution in [2.24, 2.45) is 0 Å². The Morgan fingerprint density at radius 3 is 2.46 bits per heavy atom. The molecule has 8 heteroatoms. The highest BCUT2D eigenvalue weighted by Gasteiger charge is 2.27. The molecule has 0 aliphatic rings. The summed E-state index contributed by atoms with van der Waals surface area (Å²) >= 11 is 11.3. The van der Waals surface area contributed by atoms with E-state index in [9.17, 15) is 4.79 Å². The molecule has 1 N–H and O–H groups in total. The second kappa shape index (κ2) is 9.28. The van der Waals surface area contributed by atoms with Crippen LogP contribution < -0.4 is 20.4 Å². The normalized spacial score (nSPS) is 11.2. The summed E-state index contributed by atoms with van der Waals surface area (Å²) < 4.78 is 10.8. The van der Waals surface area contributed by atoms with E-state index in [1.165, 1.54) is 0 Å². The van der Waals surface area contributed by atoms with Gasteiger partial charge in [0, 0.05) is 29.7 Å². The maximum Gasteiger partial charge on any atom is 0.409 e. The number of benzene rings is 2. The zero-order chi connectivity index (χ0) is 19.3. The molecule has 0 saturated heterocycles. The molecule has 0 heterocycles. The number of nitrogens with zero attached hydrogens (tertiary/aromatic N) is 1. The highest BCUT2D eigenvalue weighted by Crippen LogP contribution is 2.30. The van der Waals surface area contributed by atoms with Crippen molar-refractivity contribution in [3.63, 3.8) is 0 Å². The van der Waals surface area contributed by atoms with Gasteiger partial charge in [-0.1, -0.05) is 11.6 Å². The van der Waals surface area contributed by atoms with Crippen molar-refractivity contribution in [3.05, 3.63) is 53.1 Å². The fourth-order valence-corrected chi connectivity index (χ4v) is 3.71. The molecule has 2 rings (SSSR count). The Balaban J connectivity index is 2.15. The number of methoxy groups -OCH3 is 1. The first-order chi connectivity index (χ1) is 12.3. The molecular formula is C18H21ClN2O3PS+. The third-order valence-electron chi connectivity index (χ3n) is 3.86. The Bertz CT molecular complexity index is 800. The summed E-state index contributed by atoms with van der Waals surface area (Å²) in [7, 11) is 3.60. The fourth-order valence-electron chi connectivity index (χ4n) is 2.14. The van der Waals surface area contributed by atoms with Crippen LogP contribution >= 0.6 is 18.5 Å². The van der Waals surface area contributed by atoms with E-state index in [0.717, 1.165) is 16.7 Å². The molecule has 0 fully saturated rings. The van der Waals surface area contributed by atoms with E-state index in [0.29, 0.717) is 10.6 Å². The van der Waals surface area contributed by atoms with Crippen LogP contribution in [0, 0.1) is 0 Å². The highest BCUT2D eigenvalue weighted by molar-refractivity contribution is 8.06. The minimum absolute atomic E-state index is 0.267. The standard InChI is InChI=1S/C18H20ClN2O3PS/c1-12(2)21(3)16-11-15(23-4)9-10-17(16)25(26)24-20-18(22)13-5-7-14(19)8-6-13/h5-12H,1-4H3/p+1. The second-order valence-electron chi connectivity index (χ2n) is 5.85. The topological polar surface area (TPSA) is 50.8 Å². The number of nitrogens with one attached hydrogen (secondary N) is 1. The lowest BCUT2D eigenvalue weighted by Gasteiger charge is -2.24. The molecule has 0 saturated carbocycles. The third kappa shape index (κ3) is 5.15. The van der Waals surface area contributed by atoms with Gasteiger partial charge < -0.3 is 9.64 Å². The van der Waals surface area contributed by atoms with E-state index in [1.54, 1.807) is 31.4 Å². The number of hydrogen-bond donors (Lipinski definition) is 1. The van der Waals surface area contributed by atoms with Crippen LogP contribution in [0.4, 0.5) is 5.69 Å². The summed E-state index contributed by atoms with van der Waals surface area (Å²) in [5.74, 6) is 0.367. The van der Waals surface area contributed by atoms with Crippen LogP contribution in [0.2, 0.25) is 5.02 Å². The molecule has 0 radical (unpaired) electrons. The molecule has 5 nitrogen and oxygen atoms in total. The van der Waals surface area contributed by atoms with E-state index in [1.807, 2.05) is 25.2 Å². The lowest BCUT2D eigenvalue weighted by atomic mass is 10.2. The van der Waals surface area contributed by atoms with Gasteiger partial charge in [-0.05, 0) is 54.9 Å². The molecule has 0 aromatic heterocycles. The molecule has 0 spiro atoms. The van der Waals surface area contributed by atoms with Gasteiger partial charge in [0.15, 0.2) is 0 Å². The lowest BCUT2D eigenvalue weighted by molar-refractivity contribution is 0.0791. The van der Waals surface area contributed by atoms with Gasteiger partial charge in [0.25, 0.3) is 5.91 Å². The van der Waals surface area contributed by atoms with Crippen LogP contribution in [-0.2, 0) is 16.4 Å². The SMILES string of the molecule is COc1ccc([P+](=S)ONC(=O)c2ccc(Cl)cc2)c(N(C)C(C)C)c1. The van der Waals surface area contributed by atoms with Crippen LogP contribution in [0.25, 0.3) is 0 Å². The van der Waals surface area contributed by atoms with Crippen LogP contribution in [0.3, 0.4) is 0 Å². The van der Waals surface area contributed by atoms with Crippen LogP contribution in [-0.4, -0.2) is 26.1 Å². The van der Waals surface area contributed by atoms with Crippen molar-refractivity contribution in [1.82, 2.24) is 5.48 Å². The number of rotatable bonds is 7. The fraction of sp³-hybridized carbons (Fsp3) is 0.278. The molecule has 0 aliphatic heterocycles. The summed E-state index contributed by atoms with van der Waals surface area (Å²) in [5, 5.41) is 1.40. The first kappa shape index (κ1) is 20.6. The van der Waals surface area contributed by atoms with Crippen LogP contribution in [0.1, 0.15) is 24.2 Å². The second-order valence-corrected chi connectivity index (χ2v) is 8.46. The molecule has 26 heavy (non-hydrogen) atoms. The predicted octanol–water partition coefficient (Wildman–Crippen LogP) is 4.04. The first-order valence-electron chi connectivity index (χ1n) is 7.94. The maximum absolute atomic E-state index is 12.2. The van der Waals surface area contributed by atoms with Crippen molar-refractivity contribution >= 4 is 47.2 Å². The molecule has 1 unspecified atom stereocenters. The minimum Gasteiger partial charge on any atom is -0.497 e. The van der Waals surface area contributed by atoms with Gasteiger partial charge in [-0.3, -0.25) is 4.79 Å². The van der Waals surface area contributed by atoms with E-state index >= 15 is 0 Å². The van der Waals surface area contributed by atoms with E-state index in [4.69, 9.17) is 32.8 Å². The Kier molecular flexibility index (Phi) is 7.35. The number of hydroxylamine groups is 1. The Morgan fingerprint density at radius 1 is 1.23 bits per heavy atom. The maximum atomic E-state index is 12.2. The smallest absolute Gasteiger partial charge is 0.409 e. The average molecular weight is 412 g/mol. The Hall–Kier alpha value is -1.72. The average Bonchev–Trinajstić information content (AvgIpc) is 2.65. The number of carbonyl (C=O) groups is 1. The van der Waals surface area contributed by atoms with Gasteiger partial charge in [0.2, 0.25) is 17.1 Å². The van der Waals surface area contributed by atoms with Crippen LogP contribution in [0.5, 0.6) is 5.75 Å². The van der Waals surface area contributed by atoms with Crippen molar-refractivity contribution in [2.45, 2.75) is 19.9 Å². The van der Waals surface area contributed by atoms with Gasteiger partial charge in [0.05, 0.1) is 12.8 Å². The van der Waals surface area contributed by atoms with Gasteiger partial charge in [-0.15, -0.1) is 0 Å². The summed E-state index contributed by atoms with van der Waals surface area (Å²) in [5.41, 5.74) is 3.80. The van der Waals surface area contributed by atoms with Crippen molar-refractivity contribution in [1.29, 1.82) is 0 Å². The molecule has 0 aliphatic carbocycles. The van der Waals surface area contributed by atoms with Gasteiger partial charge in [-0.25, -0.2) is 0 Å². The minimum atomic E-state index is -1.47. The summed E-state index contributed by atoms with van der Waals surface area (Å²) in [6, 6.07) is 12.4. The zero-order valence-electron chi connectivity index (χ0n) is 15.0. The van der Waals surface area contributed by atoms with Gasteiger partial charge >= 0.3 is 6.92 Å². The number of hydrogen-bond acceptors (Lipinski definition) is 5. The number of amides is 1. The quantitative estimate of drug-likeness (QED) is 0.550. The van der Waals surface area contributed by atoms with Crippen molar-refractivity contribution < 1.29 is 14.2 Å². The third-order valence-corrected chi connectivity index (χ3v) is 5.96. The number of carbonyl (C=O) groups excluding carboxylic acids is 1. The molecule has 2 aromatic rings. The number of ether oxygens (including phenoxy) is 1. The summed E-state index contributed by atoms with van der Waals surface area (Å²) in [4.78, 5) is 14.3. The molecule has 138 valence electrons.